The summed E-state index contributed by atoms with van der Waals surface area (Å²) in [6, 6.07) is 8.76. The fourth-order valence-corrected chi connectivity index (χ4v) is 4.45. The van der Waals surface area contributed by atoms with Crippen molar-refractivity contribution in [1.82, 2.24) is 14.7 Å². The maximum atomic E-state index is 6.17. The van der Waals surface area contributed by atoms with E-state index in [9.17, 15) is 0 Å². The van der Waals surface area contributed by atoms with Crippen LogP contribution in [0.5, 0.6) is 5.75 Å². The highest BCUT2D eigenvalue weighted by Gasteiger charge is 2.19. The molecule has 5 heteroatoms. The van der Waals surface area contributed by atoms with Crippen molar-refractivity contribution in [3.8, 4) is 5.75 Å². The summed E-state index contributed by atoms with van der Waals surface area (Å²) in [6.45, 7) is 12.1. The third-order valence-electron chi connectivity index (χ3n) is 6.21. The lowest BCUT2D eigenvalue weighted by molar-refractivity contribution is 0.0296. The van der Waals surface area contributed by atoms with E-state index in [0.717, 1.165) is 51.7 Å². The van der Waals surface area contributed by atoms with Crippen LogP contribution in [0.1, 0.15) is 31.2 Å². The summed E-state index contributed by atoms with van der Waals surface area (Å²) < 4.78 is 11.6. The fraction of sp³-hybridized carbons (Fsp3) is 0.727. The summed E-state index contributed by atoms with van der Waals surface area (Å²) in [5, 5.41) is 0. The third kappa shape index (κ3) is 5.92. The SMILES string of the molecule is c1cc(CN2CCN(CCN3CCOCC3)CC2)cc(OC2CCCC2)c1. The lowest BCUT2D eigenvalue weighted by atomic mass is 10.2. The summed E-state index contributed by atoms with van der Waals surface area (Å²) in [4.78, 5) is 7.73. The second-order valence-corrected chi connectivity index (χ2v) is 8.24. The molecule has 0 amide bonds. The van der Waals surface area contributed by atoms with Crippen molar-refractivity contribution in [2.45, 2.75) is 38.3 Å². The largest absolute Gasteiger partial charge is 0.490 e. The molecule has 0 spiro atoms. The molecule has 0 radical (unpaired) electrons. The lowest BCUT2D eigenvalue weighted by Crippen LogP contribution is -2.49. The minimum Gasteiger partial charge on any atom is -0.490 e. The first-order valence-electron chi connectivity index (χ1n) is 10.9. The lowest BCUT2D eigenvalue weighted by Gasteiger charge is -2.36. The van der Waals surface area contributed by atoms with Crippen LogP contribution in [0.25, 0.3) is 0 Å². The highest BCUT2D eigenvalue weighted by molar-refractivity contribution is 5.28. The monoisotopic (exact) mass is 373 g/mol. The number of nitrogens with zero attached hydrogens (tertiary/aromatic N) is 3. The van der Waals surface area contributed by atoms with Crippen LogP contribution in [-0.4, -0.2) is 86.4 Å². The smallest absolute Gasteiger partial charge is 0.120 e. The average Bonchev–Trinajstić information content (AvgIpc) is 3.22. The molecule has 150 valence electrons. The van der Waals surface area contributed by atoms with Crippen LogP contribution in [-0.2, 0) is 11.3 Å². The molecule has 0 aromatic heterocycles. The van der Waals surface area contributed by atoms with Gasteiger partial charge >= 0.3 is 0 Å². The van der Waals surface area contributed by atoms with Gasteiger partial charge in [-0.1, -0.05) is 12.1 Å². The summed E-state index contributed by atoms with van der Waals surface area (Å²) in [5.41, 5.74) is 1.38. The summed E-state index contributed by atoms with van der Waals surface area (Å²) in [5.74, 6) is 1.06. The average molecular weight is 374 g/mol. The Morgan fingerprint density at radius 3 is 2.26 bits per heavy atom. The molecule has 2 heterocycles. The molecule has 1 aliphatic carbocycles. The standard InChI is InChI=1S/C22H35N3O2/c1-2-6-21(5-1)27-22-7-3-4-20(18-22)19-25-12-10-23(11-13-25)8-9-24-14-16-26-17-15-24/h3-4,7,18,21H,1-2,5-6,8-17,19H2. The molecule has 2 aliphatic heterocycles. The molecular weight excluding hydrogens is 338 g/mol. The number of benzene rings is 1. The van der Waals surface area contributed by atoms with Gasteiger partial charge in [0, 0.05) is 58.9 Å². The molecule has 3 aliphatic rings. The summed E-state index contributed by atoms with van der Waals surface area (Å²) in [6.07, 6.45) is 5.52. The van der Waals surface area contributed by atoms with Gasteiger partial charge in [0.2, 0.25) is 0 Å². The molecule has 4 rings (SSSR count). The first-order chi connectivity index (χ1) is 13.3. The van der Waals surface area contributed by atoms with E-state index in [1.807, 2.05) is 0 Å². The van der Waals surface area contributed by atoms with Crippen LogP contribution in [0.4, 0.5) is 0 Å². The van der Waals surface area contributed by atoms with Crippen molar-refractivity contribution in [3.63, 3.8) is 0 Å². The topological polar surface area (TPSA) is 28.2 Å². The molecule has 1 aromatic carbocycles. The molecule has 1 saturated carbocycles. The predicted molar refractivity (Wildman–Crippen MR) is 108 cm³/mol. The molecule has 0 unspecified atom stereocenters. The molecular formula is C22H35N3O2. The number of rotatable bonds is 7. The summed E-state index contributed by atoms with van der Waals surface area (Å²) in [7, 11) is 0. The van der Waals surface area contributed by atoms with Crippen molar-refractivity contribution < 1.29 is 9.47 Å². The maximum Gasteiger partial charge on any atom is 0.120 e. The molecule has 0 N–H and O–H groups in total. The van der Waals surface area contributed by atoms with E-state index in [1.54, 1.807) is 0 Å². The van der Waals surface area contributed by atoms with Gasteiger partial charge in [0.05, 0.1) is 19.3 Å². The Morgan fingerprint density at radius 1 is 0.852 bits per heavy atom. The van der Waals surface area contributed by atoms with E-state index < -0.39 is 0 Å². The maximum absolute atomic E-state index is 6.17. The van der Waals surface area contributed by atoms with Crippen LogP contribution < -0.4 is 4.74 Å². The van der Waals surface area contributed by atoms with E-state index >= 15 is 0 Å². The quantitative estimate of drug-likeness (QED) is 0.732. The van der Waals surface area contributed by atoms with Gasteiger partial charge < -0.3 is 9.47 Å². The van der Waals surface area contributed by atoms with E-state index in [-0.39, 0.29) is 0 Å². The molecule has 5 nitrogen and oxygen atoms in total. The van der Waals surface area contributed by atoms with E-state index in [2.05, 4.69) is 39.0 Å². The number of ether oxygens (including phenoxy) is 2. The fourth-order valence-electron chi connectivity index (χ4n) is 4.45. The Balaban J connectivity index is 1.18. The minimum atomic E-state index is 0.440. The van der Waals surface area contributed by atoms with Gasteiger partial charge in [-0.2, -0.15) is 0 Å². The van der Waals surface area contributed by atoms with Crippen LogP contribution in [0.2, 0.25) is 0 Å². The summed E-state index contributed by atoms with van der Waals surface area (Å²) >= 11 is 0. The van der Waals surface area contributed by atoms with Gasteiger partial charge in [-0.05, 0) is 43.4 Å². The van der Waals surface area contributed by atoms with Crippen LogP contribution >= 0.6 is 0 Å². The zero-order valence-electron chi connectivity index (χ0n) is 16.7. The zero-order chi connectivity index (χ0) is 18.3. The Labute approximate surface area is 164 Å². The Hall–Kier alpha value is -1.14. The van der Waals surface area contributed by atoms with Gasteiger partial charge in [-0.25, -0.2) is 0 Å². The van der Waals surface area contributed by atoms with Gasteiger partial charge in [0.1, 0.15) is 5.75 Å². The van der Waals surface area contributed by atoms with Crippen molar-refractivity contribution in [2.24, 2.45) is 0 Å². The zero-order valence-corrected chi connectivity index (χ0v) is 16.7. The molecule has 2 saturated heterocycles. The molecule has 0 bridgehead atoms. The van der Waals surface area contributed by atoms with E-state index in [1.165, 1.54) is 57.4 Å². The minimum absolute atomic E-state index is 0.440. The van der Waals surface area contributed by atoms with Gasteiger partial charge in [0.15, 0.2) is 0 Å². The first-order valence-corrected chi connectivity index (χ1v) is 10.9. The van der Waals surface area contributed by atoms with Crippen molar-refractivity contribution in [2.75, 3.05) is 65.6 Å². The third-order valence-corrected chi connectivity index (χ3v) is 6.21. The first kappa shape index (κ1) is 19.2. The number of morpholine rings is 1. The molecule has 1 aromatic rings. The molecule has 3 fully saturated rings. The van der Waals surface area contributed by atoms with Gasteiger partial charge in [-0.3, -0.25) is 14.7 Å². The Bertz CT molecular complexity index is 562. The number of piperazine rings is 1. The van der Waals surface area contributed by atoms with Gasteiger partial charge in [-0.15, -0.1) is 0 Å². The predicted octanol–water partition coefficient (Wildman–Crippen LogP) is 2.46. The van der Waals surface area contributed by atoms with Crippen LogP contribution in [0, 0.1) is 0 Å². The molecule has 0 atom stereocenters. The Kier molecular flexibility index (Phi) is 7.02. The van der Waals surface area contributed by atoms with Crippen molar-refractivity contribution in [1.29, 1.82) is 0 Å². The van der Waals surface area contributed by atoms with E-state index in [0.29, 0.717) is 6.10 Å². The van der Waals surface area contributed by atoms with Crippen LogP contribution in [0.15, 0.2) is 24.3 Å². The highest BCUT2D eigenvalue weighted by Crippen LogP contribution is 2.25. The van der Waals surface area contributed by atoms with E-state index in [4.69, 9.17) is 9.47 Å². The highest BCUT2D eigenvalue weighted by atomic mass is 16.5. The van der Waals surface area contributed by atoms with Crippen molar-refractivity contribution >= 4 is 0 Å². The second kappa shape index (κ2) is 9.87. The molecule has 27 heavy (non-hydrogen) atoms. The number of hydrogen-bond acceptors (Lipinski definition) is 5. The second-order valence-electron chi connectivity index (χ2n) is 8.24. The van der Waals surface area contributed by atoms with Gasteiger partial charge in [0.25, 0.3) is 0 Å². The Morgan fingerprint density at radius 2 is 1.52 bits per heavy atom. The van der Waals surface area contributed by atoms with Crippen molar-refractivity contribution in [3.05, 3.63) is 29.8 Å². The normalized spacial score (nSPS) is 23.7. The number of hydrogen-bond donors (Lipinski definition) is 0. The van der Waals surface area contributed by atoms with Crippen LogP contribution in [0.3, 0.4) is 0 Å².